The highest BCUT2D eigenvalue weighted by Gasteiger charge is 2.36. The minimum atomic E-state index is -0.717. The number of aliphatic imine (C=N–C) groups is 1. The molecule has 0 radical (unpaired) electrons. The van der Waals surface area contributed by atoms with Crippen LogP contribution < -0.4 is 5.32 Å². The average Bonchev–Trinajstić information content (AvgIpc) is 2.93. The third-order valence-corrected chi connectivity index (χ3v) is 4.19. The number of thioether (sulfide) groups is 1. The Morgan fingerprint density at radius 2 is 2.37 bits per heavy atom. The molecule has 2 unspecified atom stereocenters. The van der Waals surface area contributed by atoms with Gasteiger partial charge in [-0.15, -0.1) is 11.8 Å². The van der Waals surface area contributed by atoms with Crippen molar-refractivity contribution < 1.29 is 14.9 Å². The van der Waals surface area contributed by atoms with Crippen molar-refractivity contribution in [2.24, 2.45) is 4.99 Å². The van der Waals surface area contributed by atoms with Gasteiger partial charge in [0.25, 0.3) is 0 Å². The van der Waals surface area contributed by atoms with Crippen LogP contribution in [0.5, 0.6) is 0 Å². The molecule has 3 heterocycles. The van der Waals surface area contributed by atoms with Crippen molar-refractivity contribution in [1.29, 1.82) is 0 Å². The van der Waals surface area contributed by atoms with Gasteiger partial charge >= 0.3 is 0 Å². The molecule has 7 nitrogen and oxygen atoms in total. The zero-order valence-corrected chi connectivity index (χ0v) is 11.2. The number of anilines is 1. The summed E-state index contributed by atoms with van der Waals surface area (Å²) in [5.74, 6) is 0.674. The summed E-state index contributed by atoms with van der Waals surface area (Å²) in [7, 11) is 0. The van der Waals surface area contributed by atoms with E-state index in [4.69, 9.17) is 4.74 Å². The fourth-order valence-corrected chi connectivity index (χ4v) is 3.01. The van der Waals surface area contributed by atoms with Gasteiger partial charge in [-0.25, -0.2) is 4.98 Å². The summed E-state index contributed by atoms with van der Waals surface area (Å²) in [6.45, 7) is 0.290. The van der Waals surface area contributed by atoms with E-state index in [1.807, 2.05) is 6.26 Å². The molecular formula is C11H16N4O3S. The highest BCUT2D eigenvalue weighted by Crippen LogP contribution is 2.37. The standard InChI is InChI=1S/C11H16N4O3S/c1-19-11-6(16)2-8(18-11)15-5-14-9-7(17)3-12-4-13-10(9)15/h4-8,11,16-17H,2-3H2,1H3,(H,12,13)/t6-,7-,8?,11?/m1/s1. The largest absolute Gasteiger partial charge is 0.389 e. The molecule has 1 fully saturated rings. The fraction of sp³-hybridized carbons (Fsp3) is 0.636. The number of ether oxygens (including phenoxy) is 1. The molecule has 2 aliphatic rings. The second kappa shape index (κ2) is 5.12. The predicted octanol–water partition coefficient (Wildman–Crippen LogP) is 0.339. The number of aromatic nitrogens is 2. The quantitative estimate of drug-likeness (QED) is 0.725. The molecular weight excluding hydrogens is 268 g/mol. The lowest BCUT2D eigenvalue weighted by atomic mass is 10.2. The van der Waals surface area contributed by atoms with Crippen molar-refractivity contribution in [2.75, 3.05) is 18.1 Å². The van der Waals surface area contributed by atoms with Gasteiger partial charge in [-0.05, 0) is 6.26 Å². The van der Waals surface area contributed by atoms with Crippen molar-refractivity contribution in [3.05, 3.63) is 12.0 Å². The lowest BCUT2D eigenvalue weighted by molar-refractivity contribution is 0.0301. The van der Waals surface area contributed by atoms with Gasteiger partial charge in [0.2, 0.25) is 0 Å². The SMILES string of the molecule is CSC1OC(n2cnc3c2NC=NC[C@H]3O)C[C@H]1O. The Bertz CT molecular complexity index is 492. The van der Waals surface area contributed by atoms with Gasteiger partial charge in [0.05, 0.1) is 25.3 Å². The van der Waals surface area contributed by atoms with E-state index in [1.165, 1.54) is 11.8 Å². The van der Waals surface area contributed by atoms with E-state index in [0.29, 0.717) is 24.5 Å². The third-order valence-electron chi connectivity index (χ3n) is 3.30. The predicted molar refractivity (Wildman–Crippen MR) is 72.2 cm³/mol. The molecule has 1 aromatic heterocycles. The van der Waals surface area contributed by atoms with Gasteiger partial charge < -0.3 is 20.3 Å². The van der Waals surface area contributed by atoms with Crippen molar-refractivity contribution in [3.63, 3.8) is 0 Å². The molecule has 8 heteroatoms. The van der Waals surface area contributed by atoms with Gasteiger partial charge in [-0.3, -0.25) is 9.56 Å². The number of hydrogen-bond donors (Lipinski definition) is 3. The van der Waals surface area contributed by atoms with Gasteiger partial charge in [-0.1, -0.05) is 0 Å². The molecule has 1 saturated heterocycles. The Balaban J connectivity index is 1.89. The Morgan fingerprint density at radius 1 is 1.53 bits per heavy atom. The maximum atomic E-state index is 9.92. The van der Waals surface area contributed by atoms with Gasteiger partial charge in [-0.2, -0.15) is 0 Å². The molecule has 1 aromatic rings. The normalized spacial score (nSPS) is 33.8. The maximum absolute atomic E-state index is 9.92. The number of nitrogens with zero attached hydrogens (tertiary/aromatic N) is 3. The minimum absolute atomic E-state index is 0.229. The van der Waals surface area contributed by atoms with E-state index < -0.39 is 12.2 Å². The van der Waals surface area contributed by atoms with Crippen LogP contribution in [-0.2, 0) is 4.74 Å². The zero-order chi connectivity index (χ0) is 13.4. The van der Waals surface area contributed by atoms with E-state index in [-0.39, 0.29) is 11.7 Å². The Morgan fingerprint density at radius 3 is 3.11 bits per heavy atom. The number of imidazole rings is 1. The van der Waals surface area contributed by atoms with E-state index in [2.05, 4.69) is 15.3 Å². The number of hydrogen-bond acceptors (Lipinski definition) is 7. The molecule has 2 aliphatic heterocycles. The van der Waals surface area contributed by atoms with Crippen LogP contribution in [0.15, 0.2) is 11.3 Å². The highest BCUT2D eigenvalue weighted by atomic mass is 32.2. The highest BCUT2D eigenvalue weighted by molar-refractivity contribution is 7.99. The van der Waals surface area contributed by atoms with Crippen LogP contribution >= 0.6 is 11.8 Å². The number of rotatable bonds is 2. The van der Waals surface area contributed by atoms with Crippen LogP contribution in [0.25, 0.3) is 0 Å². The first-order chi connectivity index (χ1) is 9.20. The zero-order valence-electron chi connectivity index (χ0n) is 10.4. The number of aliphatic hydroxyl groups excluding tert-OH is 2. The molecule has 0 amide bonds. The Hall–Kier alpha value is -1.09. The lowest BCUT2D eigenvalue weighted by Gasteiger charge is -2.16. The molecule has 19 heavy (non-hydrogen) atoms. The van der Waals surface area contributed by atoms with Gasteiger partial charge in [0.15, 0.2) is 0 Å². The summed E-state index contributed by atoms with van der Waals surface area (Å²) in [5.41, 5.74) is 0.329. The van der Waals surface area contributed by atoms with E-state index in [1.54, 1.807) is 17.2 Å². The number of nitrogens with one attached hydrogen (secondary N) is 1. The first-order valence-corrected chi connectivity index (χ1v) is 7.35. The summed E-state index contributed by atoms with van der Waals surface area (Å²) >= 11 is 1.48. The Kier molecular flexibility index (Phi) is 3.48. The number of aliphatic hydroxyl groups is 2. The first-order valence-electron chi connectivity index (χ1n) is 6.06. The molecule has 0 aliphatic carbocycles. The third kappa shape index (κ3) is 2.25. The van der Waals surface area contributed by atoms with Gasteiger partial charge in [0, 0.05) is 6.42 Å². The molecule has 3 rings (SSSR count). The van der Waals surface area contributed by atoms with Crippen molar-refractivity contribution in [1.82, 2.24) is 9.55 Å². The second-order valence-electron chi connectivity index (χ2n) is 4.54. The Labute approximate surface area is 114 Å². The molecule has 0 aromatic carbocycles. The van der Waals surface area contributed by atoms with E-state index in [9.17, 15) is 10.2 Å². The average molecular weight is 284 g/mol. The van der Waals surface area contributed by atoms with Crippen molar-refractivity contribution in [3.8, 4) is 0 Å². The summed E-state index contributed by atoms with van der Waals surface area (Å²) < 4.78 is 7.58. The molecule has 0 saturated carbocycles. The molecule has 104 valence electrons. The fourth-order valence-electron chi connectivity index (χ4n) is 2.34. The second-order valence-corrected chi connectivity index (χ2v) is 5.47. The number of fused-ring (bicyclic) bond motifs is 1. The van der Waals surface area contributed by atoms with Crippen molar-refractivity contribution >= 4 is 23.9 Å². The van der Waals surface area contributed by atoms with Crippen LogP contribution in [0.2, 0.25) is 0 Å². The molecule has 0 bridgehead atoms. The first kappa shape index (κ1) is 12.9. The van der Waals surface area contributed by atoms with Crippen LogP contribution in [0.3, 0.4) is 0 Å². The summed E-state index contributed by atoms with van der Waals surface area (Å²) in [6, 6.07) is 0. The lowest BCUT2D eigenvalue weighted by Crippen LogP contribution is -2.15. The van der Waals surface area contributed by atoms with Crippen LogP contribution in [0.4, 0.5) is 5.82 Å². The smallest absolute Gasteiger partial charge is 0.140 e. The summed E-state index contributed by atoms with van der Waals surface area (Å²) in [6.07, 6.45) is 4.08. The maximum Gasteiger partial charge on any atom is 0.140 e. The van der Waals surface area contributed by atoms with Crippen LogP contribution in [-0.4, -0.2) is 50.4 Å². The van der Waals surface area contributed by atoms with E-state index >= 15 is 0 Å². The molecule has 4 atom stereocenters. The topological polar surface area (TPSA) is 91.9 Å². The minimum Gasteiger partial charge on any atom is -0.389 e. The van der Waals surface area contributed by atoms with Gasteiger partial charge in [0.1, 0.15) is 29.3 Å². The molecule has 3 N–H and O–H groups in total. The van der Waals surface area contributed by atoms with E-state index in [0.717, 1.165) is 0 Å². The van der Waals surface area contributed by atoms with Crippen LogP contribution in [0, 0.1) is 0 Å². The van der Waals surface area contributed by atoms with Crippen molar-refractivity contribution in [2.45, 2.75) is 30.3 Å². The van der Waals surface area contributed by atoms with Crippen LogP contribution in [0.1, 0.15) is 24.4 Å². The summed E-state index contributed by atoms with van der Waals surface area (Å²) in [5, 5.41) is 22.8. The summed E-state index contributed by atoms with van der Waals surface area (Å²) in [4.78, 5) is 8.24. The molecule has 0 spiro atoms. The monoisotopic (exact) mass is 284 g/mol.